The van der Waals surface area contributed by atoms with Crippen molar-refractivity contribution in [1.29, 1.82) is 0 Å². The van der Waals surface area contributed by atoms with Crippen LogP contribution in [0.2, 0.25) is 0 Å². The normalized spacial score (nSPS) is 19.2. The van der Waals surface area contributed by atoms with Crippen LogP contribution in [0, 0.1) is 11.8 Å². The first-order valence-corrected chi connectivity index (χ1v) is 15.2. The predicted molar refractivity (Wildman–Crippen MR) is 166 cm³/mol. The highest BCUT2D eigenvalue weighted by atomic mass is 19.4. The monoisotopic (exact) mass is 611 g/mol. The van der Waals surface area contributed by atoms with E-state index in [1.165, 1.54) is 11.7 Å². The van der Waals surface area contributed by atoms with E-state index < -0.39 is 12.7 Å². The van der Waals surface area contributed by atoms with E-state index in [0.29, 0.717) is 40.8 Å². The summed E-state index contributed by atoms with van der Waals surface area (Å²) in [5, 5.41) is 10.2. The van der Waals surface area contributed by atoms with Crippen molar-refractivity contribution in [3.63, 3.8) is 0 Å². The van der Waals surface area contributed by atoms with Crippen molar-refractivity contribution in [3.8, 4) is 17.6 Å². The lowest BCUT2D eigenvalue weighted by Gasteiger charge is -2.39. The Morgan fingerprint density at radius 1 is 1.07 bits per heavy atom. The first kappa shape index (κ1) is 31.5. The number of aromatic nitrogens is 1. The molecule has 0 bridgehead atoms. The van der Waals surface area contributed by atoms with Crippen molar-refractivity contribution in [1.82, 2.24) is 14.8 Å². The van der Waals surface area contributed by atoms with Crippen LogP contribution in [0.3, 0.4) is 0 Å². The van der Waals surface area contributed by atoms with Gasteiger partial charge in [0.05, 0.1) is 43.8 Å². The van der Waals surface area contributed by atoms with E-state index in [4.69, 9.17) is 9.47 Å². The number of amides is 1. The van der Waals surface area contributed by atoms with E-state index in [0.717, 1.165) is 63.1 Å². The lowest BCUT2D eigenvalue weighted by atomic mass is 9.89. The third-order valence-corrected chi connectivity index (χ3v) is 8.29. The number of anilines is 2. The molecule has 0 radical (unpaired) electrons. The third-order valence-electron chi connectivity index (χ3n) is 8.29. The molecule has 3 aromatic rings. The number of benzene rings is 2. The number of carbonyl (C=O) groups excluding carboxylic acids is 1. The van der Waals surface area contributed by atoms with Gasteiger partial charge in [0.2, 0.25) is 0 Å². The summed E-state index contributed by atoms with van der Waals surface area (Å²) in [6.45, 7) is 4.92. The molecule has 2 heterocycles. The molecule has 1 saturated carbocycles. The molecule has 2 aliphatic rings. The molecule has 1 saturated heterocycles. The average Bonchev–Trinajstić information content (AvgIpc) is 3.36. The molecule has 5 rings (SSSR count). The first-order valence-electron chi connectivity index (χ1n) is 15.2. The van der Waals surface area contributed by atoms with Gasteiger partial charge < -0.3 is 30.0 Å². The second kappa shape index (κ2) is 14.3. The van der Waals surface area contributed by atoms with Crippen LogP contribution in [0.4, 0.5) is 24.5 Å². The summed E-state index contributed by atoms with van der Waals surface area (Å²) in [5.74, 6) is 6.18. The Morgan fingerprint density at radius 2 is 1.84 bits per heavy atom. The SMILES string of the molecule is CCNC(=O)c1ccc(NCC#Cc2cc3c(N[C@H]4CC[C@H](N5CCOCC5)CC4)cccc3n2CC(F)(F)F)c(OC)c1. The van der Waals surface area contributed by atoms with Gasteiger partial charge in [-0.25, -0.2) is 0 Å². The fraction of sp³-hybridized carbons (Fsp3) is 0.485. The minimum atomic E-state index is -4.40. The van der Waals surface area contributed by atoms with Gasteiger partial charge in [-0.1, -0.05) is 12.0 Å². The summed E-state index contributed by atoms with van der Waals surface area (Å²) in [5.41, 5.74) is 2.71. The standard InChI is InChI=1S/C33H40F3N5O3/c1-3-37-32(42)23-9-14-29(31(20-23)43-2)38-15-5-6-26-21-27-28(7-4-8-30(27)41(26)22-33(34,35)36)39-24-10-12-25(13-11-24)40-16-18-44-19-17-40/h4,7-9,14,20-21,24-25,38-39H,3,10-13,15-19,22H2,1-2H3,(H,37,42)/t24-,25-. The molecule has 44 heavy (non-hydrogen) atoms. The molecule has 0 atom stereocenters. The van der Waals surface area contributed by atoms with Crippen molar-refractivity contribution < 1.29 is 27.4 Å². The fourth-order valence-corrected chi connectivity index (χ4v) is 6.13. The lowest BCUT2D eigenvalue weighted by molar-refractivity contribution is -0.140. The van der Waals surface area contributed by atoms with Crippen LogP contribution >= 0.6 is 0 Å². The maximum absolute atomic E-state index is 13.7. The Balaban J connectivity index is 1.31. The highest BCUT2D eigenvalue weighted by Crippen LogP contribution is 2.33. The molecule has 1 amide bonds. The number of nitrogens with zero attached hydrogens (tertiary/aromatic N) is 2. The van der Waals surface area contributed by atoms with Crippen LogP contribution in [0.5, 0.6) is 5.75 Å². The van der Waals surface area contributed by atoms with Crippen molar-refractivity contribution in [2.45, 2.75) is 57.4 Å². The second-order valence-corrected chi connectivity index (χ2v) is 11.2. The Bertz CT molecular complexity index is 1500. The first-order chi connectivity index (χ1) is 21.3. The minimum absolute atomic E-state index is 0.169. The van der Waals surface area contributed by atoms with E-state index in [9.17, 15) is 18.0 Å². The molecule has 8 nitrogen and oxygen atoms in total. The van der Waals surface area contributed by atoms with Gasteiger partial charge in [0.15, 0.2) is 0 Å². The summed E-state index contributed by atoms with van der Waals surface area (Å²) in [6, 6.07) is 13.0. The van der Waals surface area contributed by atoms with Gasteiger partial charge in [-0.05, 0) is 74.9 Å². The zero-order chi connectivity index (χ0) is 31.1. The van der Waals surface area contributed by atoms with Crippen LogP contribution in [0.25, 0.3) is 10.9 Å². The maximum Gasteiger partial charge on any atom is 0.406 e. The number of alkyl halides is 3. The smallest absolute Gasteiger partial charge is 0.406 e. The number of methoxy groups -OCH3 is 1. The molecular formula is C33H40F3N5O3. The average molecular weight is 612 g/mol. The summed E-state index contributed by atoms with van der Waals surface area (Å²) < 4.78 is 53.2. The highest BCUT2D eigenvalue weighted by Gasteiger charge is 2.31. The summed E-state index contributed by atoms with van der Waals surface area (Å²) in [6.07, 6.45) is -0.208. The van der Waals surface area contributed by atoms with Crippen LogP contribution in [0.15, 0.2) is 42.5 Å². The van der Waals surface area contributed by atoms with Crippen LogP contribution in [-0.4, -0.2) is 80.1 Å². The molecular weight excluding hydrogens is 571 g/mol. The quantitative estimate of drug-likeness (QED) is 0.278. The molecule has 0 spiro atoms. The number of ether oxygens (including phenoxy) is 2. The number of hydrogen-bond donors (Lipinski definition) is 3. The van der Waals surface area contributed by atoms with Gasteiger partial charge in [0.25, 0.3) is 5.91 Å². The number of halogens is 3. The van der Waals surface area contributed by atoms with E-state index in [1.807, 2.05) is 13.0 Å². The van der Waals surface area contributed by atoms with Gasteiger partial charge in [-0.2, -0.15) is 13.2 Å². The Hall–Kier alpha value is -3.88. The summed E-state index contributed by atoms with van der Waals surface area (Å²) in [7, 11) is 1.50. The third kappa shape index (κ3) is 7.79. The van der Waals surface area contributed by atoms with E-state index in [2.05, 4.69) is 32.7 Å². The maximum atomic E-state index is 13.7. The molecule has 3 N–H and O–H groups in total. The molecule has 1 aliphatic carbocycles. The van der Waals surface area contributed by atoms with E-state index >= 15 is 0 Å². The molecule has 0 unspecified atom stereocenters. The van der Waals surface area contributed by atoms with Crippen molar-refractivity contribution in [3.05, 3.63) is 53.7 Å². The number of rotatable bonds is 9. The highest BCUT2D eigenvalue weighted by molar-refractivity contribution is 5.95. The number of morpholine rings is 1. The van der Waals surface area contributed by atoms with E-state index in [1.54, 1.807) is 36.4 Å². The van der Waals surface area contributed by atoms with Crippen LogP contribution < -0.4 is 20.7 Å². The van der Waals surface area contributed by atoms with E-state index in [-0.39, 0.29) is 18.5 Å². The molecule has 2 aromatic carbocycles. The van der Waals surface area contributed by atoms with Crippen LogP contribution in [0.1, 0.15) is 48.7 Å². The Labute approximate surface area is 256 Å². The molecule has 11 heteroatoms. The van der Waals surface area contributed by atoms with Crippen molar-refractivity contribution >= 4 is 28.2 Å². The van der Waals surface area contributed by atoms with Crippen molar-refractivity contribution in [2.75, 3.05) is 57.1 Å². The molecule has 2 fully saturated rings. The summed E-state index contributed by atoms with van der Waals surface area (Å²) >= 11 is 0. The predicted octanol–water partition coefficient (Wildman–Crippen LogP) is 5.48. The minimum Gasteiger partial charge on any atom is -0.495 e. The molecule has 1 aromatic heterocycles. The van der Waals surface area contributed by atoms with Crippen molar-refractivity contribution in [2.24, 2.45) is 0 Å². The lowest BCUT2D eigenvalue weighted by Crippen LogP contribution is -2.46. The van der Waals surface area contributed by atoms with Crippen LogP contribution in [-0.2, 0) is 11.3 Å². The Kier molecular flexibility index (Phi) is 10.2. The number of nitrogens with one attached hydrogen (secondary N) is 3. The van der Waals surface area contributed by atoms with Gasteiger partial charge in [-0.3, -0.25) is 9.69 Å². The van der Waals surface area contributed by atoms with Gasteiger partial charge in [-0.15, -0.1) is 0 Å². The van der Waals surface area contributed by atoms with Gasteiger partial charge in [0.1, 0.15) is 12.3 Å². The molecule has 236 valence electrons. The Morgan fingerprint density at radius 3 is 2.55 bits per heavy atom. The summed E-state index contributed by atoms with van der Waals surface area (Å²) in [4.78, 5) is 14.7. The fourth-order valence-electron chi connectivity index (χ4n) is 6.13. The zero-order valence-corrected chi connectivity index (χ0v) is 25.2. The molecule has 1 aliphatic heterocycles. The topological polar surface area (TPSA) is 79.8 Å². The number of carbonyl (C=O) groups is 1. The second-order valence-electron chi connectivity index (χ2n) is 11.2. The van der Waals surface area contributed by atoms with Gasteiger partial charge in [0, 0.05) is 48.4 Å². The van der Waals surface area contributed by atoms with Gasteiger partial charge >= 0.3 is 6.18 Å². The largest absolute Gasteiger partial charge is 0.495 e. The number of fused-ring (bicyclic) bond motifs is 1. The zero-order valence-electron chi connectivity index (χ0n) is 25.2. The number of hydrogen-bond acceptors (Lipinski definition) is 6.